The molecule has 1 aromatic carbocycles. The summed E-state index contributed by atoms with van der Waals surface area (Å²) < 4.78 is 5.15. The van der Waals surface area contributed by atoms with E-state index < -0.39 is 16.5 Å². The maximum Gasteiger partial charge on any atom is 0.343 e. The second kappa shape index (κ2) is 6.49. The summed E-state index contributed by atoms with van der Waals surface area (Å²) in [5.74, 6) is -0.511. The largest absolute Gasteiger partial charge is 0.424 e. The smallest absolute Gasteiger partial charge is 0.343 e. The average molecular weight is 291 g/mol. The zero-order chi connectivity index (χ0) is 15.3. The molecule has 0 aliphatic heterocycles. The molecule has 0 bridgehead atoms. The van der Waals surface area contributed by atoms with E-state index in [-0.39, 0.29) is 11.4 Å². The van der Waals surface area contributed by atoms with Crippen LogP contribution in [0.15, 0.2) is 36.4 Å². The normalized spacial score (nSPS) is 23.7. The Bertz CT molecular complexity index is 552. The van der Waals surface area contributed by atoms with Gasteiger partial charge >= 0.3 is 5.97 Å². The Morgan fingerprint density at radius 3 is 2.52 bits per heavy atom. The fraction of sp³-hybridized carbons (Fsp3) is 0.400. The molecule has 21 heavy (non-hydrogen) atoms. The number of carbonyl (C=O) groups excluding carboxylic acids is 1. The van der Waals surface area contributed by atoms with Gasteiger partial charge < -0.3 is 9.84 Å². The summed E-state index contributed by atoms with van der Waals surface area (Å²) in [6.45, 7) is 0. The maximum atomic E-state index is 12.1. The number of nitro benzene ring substituents is 1. The third-order valence-corrected chi connectivity index (χ3v) is 3.49. The summed E-state index contributed by atoms with van der Waals surface area (Å²) >= 11 is 0. The van der Waals surface area contributed by atoms with Crippen molar-refractivity contribution in [2.75, 3.05) is 0 Å². The lowest BCUT2D eigenvalue weighted by Gasteiger charge is -2.26. The van der Waals surface area contributed by atoms with Crippen LogP contribution in [0.3, 0.4) is 0 Å². The van der Waals surface area contributed by atoms with Crippen molar-refractivity contribution in [1.29, 1.82) is 0 Å². The van der Waals surface area contributed by atoms with E-state index in [1.165, 1.54) is 24.3 Å². The van der Waals surface area contributed by atoms with Crippen molar-refractivity contribution >= 4 is 11.7 Å². The minimum Gasteiger partial charge on any atom is -0.424 e. The average Bonchev–Trinajstić information content (AvgIpc) is 2.43. The van der Waals surface area contributed by atoms with Crippen LogP contribution in [-0.4, -0.2) is 21.6 Å². The number of nitro groups is 1. The number of carbonyl (C=O) groups is 1. The maximum absolute atomic E-state index is 12.1. The van der Waals surface area contributed by atoms with Crippen LogP contribution in [0.5, 0.6) is 5.75 Å². The van der Waals surface area contributed by atoms with Gasteiger partial charge in [-0.05, 0) is 44.2 Å². The van der Waals surface area contributed by atoms with E-state index in [2.05, 4.69) is 0 Å². The molecule has 0 unspecified atom stereocenters. The highest BCUT2D eigenvalue weighted by Crippen LogP contribution is 2.26. The number of benzene rings is 1. The third kappa shape index (κ3) is 3.88. The first-order chi connectivity index (χ1) is 10.0. The number of hydrogen-bond acceptors (Lipinski definition) is 5. The fourth-order valence-electron chi connectivity index (χ4n) is 2.24. The molecule has 0 saturated carbocycles. The zero-order valence-electron chi connectivity index (χ0n) is 11.5. The molecule has 6 nitrogen and oxygen atoms in total. The molecule has 112 valence electrons. The van der Waals surface area contributed by atoms with E-state index in [0.717, 1.165) is 6.42 Å². The van der Waals surface area contributed by atoms with E-state index in [0.29, 0.717) is 25.7 Å². The topological polar surface area (TPSA) is 89.7 Å². The first-order valence-electron chi connectivity index (χ1n) is 6.85. The molecule has 1 aliphatic rings. The van der Waals surface area contributed by atoms with E-state index in [1.807, 2.05) is 12.2 Å². The predicted molar refractivity (Wildman–Crippen MR) is 75.9 cm³/mol. The Labute approximate surface area is 122 Å². The lowest BCUT2D eigenvalue weighted by Crippen LogP contribution is -2.42. The molecule has 0 radical (unpaired) electrons. The highest BCUT2D eigenvalue weighted by molar-refractivity contribution is 5.81. The van der Waals surface area contributed by atoms with Crippen molar-refractivity contribution in [3.8, 4) is 5.75 Å². The first kappa shape index (κ1) is 15.2. The Morgan fingerprint density at radius 1 is 1.19 bits per heavy atom. The van der Waals surface area contributed by atoms with Gasteiger partial charge in [-0.3, -0.25) is 10.1 Å². The minimum absolute atomic E-state index is 0.0791. The highest BCUT2D eigenvalue weighted by atomic mass is 16.6. The molecule has 0 heterocycles. The summed E-state index contributed by atoms with van der Waals surface area (Å²) in [4.78, 5) is 22.2. The number of aliphatic hydroxyl groups is 1. The van der Waals surface area contributed by atoms with Gasteiger partial charge in [0.1, 0.15) is 5.75 Å². The summed E-state index contributed by atoms with van der Waals surface area (Å²) in [5.41, 5.74) is -1.57. The molecule has 1 atom stereocenters. The fourth-order valence-corrected chi connectivity index (χ4v) is 2.24. The van der Waals surface area contributed by atoms with E-state index >= 15 is 0 Å². The lowest BCUT2D eigenvalue weighted by molar-refractivity contribution is -0.384. The van der Waals surface area contributed by atoms with Crippen LogP contribution >= 0.6 is 0 Å². The molecule has 0 saturated heterocycles. The summed E-state index contributed by atoms with van der Waals surface area (Å²) in [6, 6.07) is 5.21. The first-order valence-corrected chi connectivity index (χ1v) is 6.85. The SMILES string of the molecule is O=C(Oc1ccc([N+](=O)[O-])cc1)[C@]1(O)CC/C=C/CCC1. The van der Waals surface area contributed by atoms with Gasteiger partial charge in [0, 0.05) is 12.1 Å². The lowest BCUT2D eigenvalue weighted by atomic mass is 9.89. The van der Waals surface area contributed by atoms with Gasteiger partial charge in [-0.15, -0.1) is 0 Å². The van der Waals surface area contributed by atoms with Crippen molar-refractivity contribution in [2.24, 2.45) is 0 Å². The Hall–Kier alpha value is -2.21. The second-order valence-electron chi connectivity index (χ2n) is 5.07. The molecule has 6 heteroatoms. The molecule has 1 aromatic rings. The van der Waals surface area contributed by atoms with Crippen LogP contribution in [0.25, 0.3) is 0 Å². The molecular formula is C15H17NO5. The molecule has 0 amide bonds. The summed E-state index contributed by atoms with van der Waals surface area (Å²) in [7, 11) is 0. The molecular weight excluding hydrogens is 274 g/mol. The van der Waals surface area contributed by atoms with Crippen LogP contribution < -0.4 is 4.74 Å². The number of allylic oxidation sites excluding steroid dienone is 2. The van der Waals surface area contributed by atoms with Gasteiger partial charge in [0.25, 0.3) is 5.69 Å². The molecule has 1 aliphatic carbocycles. The van der Waals surface area contributed by atoms with E-state index in [9.17, 15) is 20.0 Å². The van der Waals surface area contributed by atoms with Crippen molar-refractivity contribution in [3.63, 3.8) is 0 Å². The van der Waals surface area contributed by atoms with Gasteiger partial charge in [-0.25, -0.2) is 4.79 Å². The number of non-ortho nitro benzene ring substituents is 1. The van der Waals surface area contributed by atoms with E-state index in [1.54, 1.807) is 0 Å². The molecule has 1 N–H and O–H groups in total. The van der Waals surface area contributed by atoms with Crippen LogP contribution in [0.4, 0.5) is 5.69 Å². The highest BCUT2D eigenvalue weighted by Gasteiger charge is 2.37. The molecule has 0 aromatic heterocycles. The zero-order valence-corrected chi connectivity index (χ0v) is 11.5. The van der Waals surface area contributed by atoms with Crippen LogP contribution in [0, 0.1) is 10.1 Å². The minimum atomic E-state index is -1.49. The van der Waals surface area contributed by atoms with Crippen molar-refractivity contribution < 1.29 is 19.6 Å². The van der Waals surface area contributed by atoms with E-state index in [4.69, 9.17) is 4.74 Å². The van der Waals surface area contributed by atoms with Crippen molar-refractivity contribution in [2.45, 2.75) is 37.7 Å². The van der Waals surface area contributed by atoms with Gasteiger partial charge in [-0.2, -0.15) is 0 Å². The summed E-state index contributed by atoms with van der Waals surface area (Å²) in [6.07, 6.45) is 6.81. The number of esters is 1. The Morgan fingerprint density at radius 2 is 1.86 bits per heavy atom. The number of ether oxygens (including phenoxy) is 1. The van der Waals surface area contributed by atoms with Gasteiger partial charge in [0.2, 0.25) is 0 Å². The third-order valence-electron chi connectivity index (χ3n) is 3.49. The quantitative estimate of drug-likeness (QED) is 0.304. The van der Waals surface area contributed by atoms with Gasteiger partial charge in [-0.1, -0.05) is 12.2 Å². The standard InChI is InChI=1S/C15H17NO5/c17-14(15(18)10-4-2-1-3-5-11-15)21-13-8-6-12(7-9-13)16(19)20/h1-2,6-9,18H,3-5,10-11H2/b2-1+/t15-/m0/s1. The number of hydrogen-bond donors (Lipinski definition) is 1. The second-order valence-corrected chi connectivity index (χ2v) is 5.07. The number of nitrogens with zero attached hydrogens (tertiary/aromatic N) is 1. The monoisotopic (exact) mass is 291 g/mol. The summed E-state index contributed by atoms with van der Waals surface area (Å²) in [5, 5.41) is 21.0. The van der Waals surface area contributed by atoms with Crippen molar-refractivity contribution in [1.82, 2.24) is 0 Å². The molecule has 0 fully saturated rings. The van der Waals surface area contributed by atoms with Gasteiger partial charge in [0.05, 0.1) is 4.92 Å². The number of rotatable bonds is 3. The van der Waals surface area contributed by atoms with Crippen LogP contribution in [0.2, 0.25) is 0 Å². The predicted octanol–water partition coefficient (Wildman–Crippen LogP) is 2.75. The van der Waals surface area contributed by atoms with Gasteiger partial charge in [0.15, 0.2) is 5.60 Å². The van der Waals surface area contributed by atoms with Crippen molar-refractivity contribution in [3.05, 3.63) is 46.5 Å². The van der Waals surface area contributed by atoms with Crippen LogP contribution in [-0.2, 0) is 4.79 Å². The Balaban J connectivity index is 2.05. The molecule has 0 spiro atoms. The Kier molecular flexibility index (Phi) is 4.70. The van der Waals surface area contributed by atoms with Crippen LogP contribution in [0.1, 0.15) is 32.1 Å². The molecule has 2 rings (SSSR count).